The van der Waals surface area contributed by atoms with Gasteiger partial charge in [0.25, 0.3) is 0 Å². The lowest BCUT2D eigenvalue weighted by Crippen LogP contribution is -1.98. The van der Waals surface area contributed by atoms with Gasteiger partial charge in [0, 0.05) is 0 Å². The second kappa shape index (κ2) is 4.23. The van der Waals surface area contributed by atoms with Crippen LogP contribution in [0.4, 0.5) is 10.1 Å². The van der Waals surface area contributed by atoms with Crippen molar-refractivity contribution < 1.29 is 14.1 Å². The van der Waals surface area contributed by atoms with Gasteiger partial charge in [0.1, 0.15) is 12.4 Å². The van der Waals surface area contributed by atoms with Crippen LogP contribution in [-0.4, -0.2) is 11.5 Å². The van der Waals surface area contributed by atoms with Gasteiger partial charge >= 0.3 is 5.69 Å². The molecule has 14 heavy (non-hydrogen) atoms. The molecule has 0 amide bonds. The van der Waals surface area contributed by atoms with Crippen molar-refractivity contribution in [1.29, 1.82) is 0 Å². The molecule has 0 aliphatic rings. The summed E-state index contributed by atoms with van der Waals surface area (Å²) in [6.45, 7) is -0.0908. The van der Waals surface area contributed by atoms with Gasteiger partial charge in [-0.25, -0.2) is 4.39 Å². The number of ether oxygens (including phenoxy) is 1. The van der Waals surface area contributed by atoms with Gasteiger partial charge in [-0.05, 0) is 12.1 Å². The van der Waals surface area contributed by atoms with E-state index in [1.165, 1.54) is 6.07 Å². The molecule has 1 aromatic carbocycles. The summed E-state index contributed by atoms with van der Waals surface area (Å²) in [5.74, 6) is 1.44. The largest absolute Gasteiger partial charge is 0.474 e. The van der Waals surface area contributed by atoms with E-state index in [1.54, 1.807) is 0 Å². The molecule has 0 saturated heterocycles. The van der Waals surface area contributed by atoms with E-state index >= 15 is 0 Å². The minimum atomic E-state index is -0.727. The van der Waals surface area contributed by atoms with Crippen molar-refractivity contribution in [1.82, 2.24) is 0 Å². The molecule has 0 bridgehead atoms. The average Bonchev–Trinajstić information content (AvgIpc) is 2.15. The minimum Gasteiger partial charge on any atom is -0.474 e. The highest BCUT2D eigenvalue weighted by Crippen LogP contribution is 2.27. The number of benzene rings is 1. The Hall–Kier alpha value is -2.09. The van der Waals surface area contributed by atoms with E-state index in [2.05, 4.69) is 5.92 Å². The number of nitrogens with zero attached hydrogens (tertiary/aromatic N) is 1. The Balaban J connectivity index is 3.03. The van der Waals surface area contributed by atoms with Gasteiger partial charge in [-0.2, -0.15) is 0 Å². The Bertz CT molecular complexity index is 398. The summed E-state index contributed by atoms with van der Waals surface area (Å²) in [6, 6.07) is 3.02. The van der Waals surface area contributed by atoms with Crippen molar-refractivity contribution in [3.05, 3.63) is 34.1 Å². The first kappa shape index (κ1) is 9.99. The number of terminal acetylenes is 1. The fraction of sp³-hybridized carbons (Fsp3) is 0.111. The molecular formula is C9H6FNO3. The fourth-order valence-corrected chi connectivity index (χ4v) is 0.875. The van der Waals surface area contributed by atoms with Crippen LogP contribution in [0, 0.1) is 28.3 Å². The molecule has 4 nitrogen and oxygen atoms in total. The van der Waals surface area contributed by atoms with E-state index in [-0.39, 0.29) is 12.4 Å². The lowest BCUT2D eigenvalue weighted by Gasteiger charge is -2.02. The predicted octanol–water partition coefficient (Wildman–Crippen LogP) is 1.75. The summed E-state index contributed by atoms with van der Waals surface area (Å²) < 4.78 is 17.5. The first-order valence-electron chi connectivity index (χ1n) is 3.65. The third kappa shape index (κ3) is 2.20. The summed E-state index contributed by atoms with van der Waals surface area (Å²) in [4.78, 5) is 9.72. The standard InChI is InChI=1S/C9H6FNO3/c1-2-5-14-9-4-3-7(10)6-8(9)11(12)13/h1,3-4,6H,5H2. The summed E-state index contributed by atoms with van der Waals surface area (Å²) >= 11 is 0. The third-order valence-corrected chi connectivity index (χ3v) is 1.43. The number of nitro benzene ring substituents is 1. The van der Waals surface area contributed by atoms with E-state index in [4.69, 9.17) is 11.2 Å². The van der Waals surface area contributed by atoms with Crippen LogP contribution >= 0.6 is 0 Å². The predicted molar refractivity (Wildman–Crippen MR) is 47.4 cm³/mol. The van der Waals surface area contributed by atoms with Crippen molar-refractivity contribution in [2.75, 3.05) is 6.61 Å². The van der Waals surface area contributed by atoms with Crippen LogP contribution in [0.2, 0.25) is 0 Å². The molecule has 1 aromatic rings. The number of halogens is 1. The molecular weight excluding hydrogens is 189 g/mol. The fourth-order valence-electron chi connectivity index (χ4n) is 0.875. The Morgan fingerprint density at radius 2 is 2.36 bits per heavy atom. The monoisotopic (exact) mass is 195 g/mol. The van der Waals surface area contributed by atoms with Crippen LogP contribution in [0.5, 0.6) is 5.75 Å². The quantitative estimate of drug-likeness (QED) is 0.419. The summed E-state index contributed by atoms with van der Waals surface area (Å²) in [5, 5.41) is 10.4. The van der Waals surface area contributed by atoms with Crippen LogP contribution < -0.4 is 4.74 Å². The molecule has 0 spiro atoms. The first-order valence-corrected chi connectivity index (χ1v) is 3.65. The van der Waals surface area contributed by atoms with Gasteiger partial charge in [-0.15, -0.1) is 6.42 Å². The van der Waals surface area contributed by atoms with Gasteiger partial charge in [0.15, 0.2) is 5.75 Å². The summed E-state index contributed by atoms with van der Waals surface area (Å²) in [5.41, 5.74) is -0.430. The molecule has 0 fully saturated rings. The number of hydrogen-bond acceptors (Lipinski definition) is 3. The average molecular weight is 195 g/mol. The molecule has 0 radical (unpaired) electrons. The van der Waals surface area contributed by atoms with Crippen LogP contribution in [0.25, 0.3) is 0 Å². The minimum absolute atomic E-state index is 0.0330. The van der Waals surface area contributed by atoms with E-state index in [1.807, 2.05) is 0 Å². The highest BCUT2D eigenvalue weighted by atomic mass is 19.1. The molecule has 72 valence electrons. The zero-order valence-corrected chi connectivity index (χ0v) is 7.07. The van der Waals surface area contributed by atoms with Crippen LogP contribution in [0.15, 0.2) is 18.2 Å². The maximum absolute atomic E-state index is 12.6. The van der Waals surface area contributed by atoms with Crippen molar-refractivity contribution in [2.24, 2.45) is 0 Å². The molecule has 0 aromatic heterocycles. The summed E-state index contributed by atoms with van der Waals surface area (Å²) in [7, 11) is 0. The molecule has 0 saturated carbocycles. The highest BCUT2D eigenvalue weighted by Gasteiger charge is 2.15. The van der Waals surface area contributed by atoms with Crippen molar-refractivity contribution in [3.63, 3.8) is 0 Å². The zero-order chi connectivity index (χ0) is 10.6. The van der Waals surface area contributed by atoms with Crippen molar-refractivity contribution >= 4 is 5.69 Å². The molecule has 0 unspecified atom stereocenters. The molecule has 5 heteroatoms. The van der Waals surface area contributed by atoms with Gasteiger partial charge in [-0.3, -0.25) is 10.1 Å². The molecule has 0 N–H and O–H groups in total. The smallest absolute Gasteiger partial charge is 0.313 e. The molecule has 0 heterocycles. The normalized spacial score (nSPS) is 9.14. The Morgan fingerprint density at radius 3 is 2.93 bits per heavy atom. The Morgan fingerprint density at radius 1 is 1.64 bits per heavy atom. The van der Waals surface area contributed by atoms with Gasteiger partial charge < -0.3 is 4.74 Å². The van der Waals surface area contributed by atoms with Gasteiger partial charge in [0.2, 0.25) is 0 Å². The first-order chi connectivity index (χ1) is 6.65. The van der Waals surface area contributed by atoms with E-state index in [0.29, 0.717) is 0 Å². The zero-order valence-electron chi connectivity index (χ0n) is 7.07. The molecule has 0 atom stereocenters. The maximum Gasteiger partial charge on any atom is 0.313 e. The van der Waals surface area contributed by atoms with Crippen LogP contribution in [-0.2, 0) is 0 Å². The highest BCUT2D eigenvalue weighted by molar-refractivity contribution is 5.46. The lowest BCUT2D eigenvalue weighted by atomic mass is 10.3. The second-order valence-electron chi connectivity index (χ2n) is 2.36. The van der Waals surface area contributed by atoms with Gasteiger partial charge in [0.05, 0.1) is 11.0 Å². The third-order valence-electron chi connectivity index (χ3n) is 1.43. The summed E-state index contributed by atoms with van der Waals surface area (Å²) in [6.07, 6.45) is 4.91. The van der Waals surface area contributed by atoms with Crippen molar-refractivity contribution in [2.45, 2.75) is 0 Å². The molecule has 1 rings (SSSR count). The van der Waals surface area contributed by atoms with E-state index < -0.39 is 16.4 Å². The number of hydrogen-bond donors (Lipinski definition) is 0. The van der Waals surface area contributed by atoms with Gasteiger partial charge in [-0.1, -0.05) is 5.92 Å². The van der Waals surface area contributed by atoms with Crippen LogP contribution in [0.1, 0.15) is 0 Å². The van der Waals surface area contributed by atoms with Crippen molar-refractivity contribution in [3.8, 4) is 18.1 Å². The Kier molecular flexibility index (Phi) is 3.02. The SMILES string of the molecule is C#CCOc1ccc(F)cc1[N+](=O)[O-]. The lowest BCUT2D eigenvalue weighted by molar-refractivity contribution is -0.386. The maximum atomic E-state index is 12.6. The topological polar surface area (TPSA) is 52.4 Å². The van der Waals surface area contributed by atoms with E-state index in [0.717, 1.165) is 12.1 Å². The van der Waals surface area contributed by atoms with Crippen LogP contribution in [0.3, 0.4) is 0 Å². The molecule has 0 aliphatic heterocycles. The van der Waals surface area contributed by atoms with E-state index in [9.17, 15) is 14.5 Å². The number of nitro groups is 1. The second-order valence-corrected chi connectivity index (χ2v) is 2.36. The number of rotatable bonds is 3. The molecule has 0 aliphatic carbocycles. The Labute approximate surface area is 79.5 Å².